The number of aryl methyl sites for hydroxylation is 1. The van der Waals surface area contributed by atoms with E-state index in [1.54, 1.807) is 12.1 Å². The summed E-state index contributed by atoms with van der Waals surface area (Å²) in [6, 6.07) is 6.39. The molecule has 0 aliphatic heterocycles. The zero-order valence-electron chi connectivity index (χ0n) is 11.2. The smallest absolute Gasteiger partial charge is 0.303 e. The van der Waals surface area contributed by atoms with Crippen LogP contribution in [-0.4, -0.2) is 26.0 Å². The normalized spacial score (nSPS) is 15.8. The molecule has 20 heavy (non-hydrogen) atoms. The number of hydrogen-bond donors (Lipinski definition) is 2. The summed E-state index contributed by atoms with van der Waals surface area (Å²) in [6.07, 6.45) is 3.83. The lowest BCUT2D eigenvalue weighted by atomic mass is 9.86. The van der Waals surface area contributed by atoms with Crippen molar-refractivity contribution in [3.63, 3.8) is 0 Å². The van der Waals surface area contributed by atoms with Gasteiger partial charge in [-0.2, -0.15) is 0 Å². The average Bonchev–Trinajstić information content (AvgIpc) is 2.35. The first-order valence-electron chi connectivity index (χ1n) is 6.78. The minimum Gasteiger partial charge on any atom is -0.481 e. The molecule has 0 amide bonds. The Labute approximate surface area is 119 Å². The second-order valence-electron chi connectivity index (χ2n) is 5.19. The highest BCUT2D eigenvalue weighted by Crippen LogP contribution is 2.25. The van der Waals surface area contributed by atoms with E-state index in [2.05, 4.69) is 4.72 Å². The molecule has 0 atom stereocenters. The van der Waals surface area contributed by atoms with Gasteiger partial charge in [0.15, 0.2) is 0 Å². The van der Waals surface area contributed by atoms with Crippen LogP contribution in [0.3, 0.4) is 0 Å². The van der Waals surface area contributed by atoms with Crippen molar-refractivity contribution in [1.82, 2.24) is 4.72 Å². The number of carboxylic acids is 1. The second kappa shape index (κ2) is 6.37. The first kappa shape index (κ1) is 15.0. The molecular weight excluding hydrogens is 278 g/mol. The molecule has 6 heteroatoms. The number of aliphatic carboxylic acids is 1. The Kier molecular flexibility index (Phi) is 4.77. The van der Waals surface area contributed by atoms with Crippen LogP contribution in [-0.2, 0) is 21.2 Å². The van der Waals surface area contributed by atoms with E-state index in [-0.39, 0.29) is 11.3 Å². The van der Waals surface area contributed by atoms with E-state index >= 15 is 0 Å². The van der Waals surface area contributed by atoms with Gasteiger partial charge < -0.3 is 5.11 Å². The monoisotopic (exact) mass is 297 g/mol. The van der Waals surface area contributed by atoms with E-state index in [0.29, 0.717) is 18.9 Å². The van der Waals surface area contributed by atoms with Crippen molar-refractivity contribution in [3.8, 4) is 0 Å². The molecule has 0 bridgehead atoms. The molecule has 1 saturated carbocycles. The molecule has 1 aromatic carbocycles. The van der Waals surface area contributed by atoms with Crippen LogP contribution < -0.4 is 4.72 Å². The van der Waals surface area contributed by atoms with Crippen molar-refractivity contribution in [2.45, 2.75) is 37.0 Å². The van der Waals surface area contributed by atoms with Gasteiger partial charge in [-0.05, 0) is 42.9 Å². The second-order valence-corrected chi connectivity index (χ2v) is 6.95. The van der Waals surface area contributed by atoms with Gasteiger partial charge in [-0.1, -0.05) is 18.6 Å². The number of carbonyl (C=O) groups is 1. The van der Waals surface area contributed by atoms with Crippen molar-refractivity contribution >= 4 is 16.0 Å². The molecule has 0 aromatic heterocycles. The van der Waals surface area contributed by atoms with E-state index in [9.17, 15) is 13.2 Å². The summed E-state index contributed by atoms with van der Waals surface area (Å²) in [5.41, 5.74) is 0.824. The van der Waals surface area contributed by atoms with Crippen molar-refractivity contribution in [3.05, 3.63) is 29.8 Å². The predicted molar refractivity (Wildman–Crippen MR) is 74.9 cm³/mol. The van der Waals surface area contributed by atoms with Crippen LogP contribution in [0.25, 0.3) is 0 Å². The van der Waals surface area contributed by atoms with E-state index in [1.807, 2.05) is 0 Å². The Morgan fingerprint density at radius 3 is 2.40 bits per heavy atom. The third kappa shape index (κ3) is 4.05. The standard InChI is InChI=1S/C14H19NO4S/c16-14(17)9-6-11-4-7-13(8-5-11)20(18,19)15-10-12-2-1-3-12/h4-5,7-8,12,15H,1-3,6,9-10H2,(H,16,17). The topological polar surface area (TPSA) is 83.5 Å². The Bertz CT molecular complexity index is 561. The van der Waals surface area contributed by atoms with Crippen molar-refractivity contribution in [1.29, 1.82) is 0 Å². The first-order valence-corrected chi connectivity index (χ1v) is 8.26. The molecular formula is C14H19NO4S. The summed E-state index contributed by atoms with van der Waals surface area (Å²) < 4.78 is 26.7. The number of benzene rings is 1. The lowest BCUT2D eigenvalue weighted by Gasteiger charge is -2.25. The van der Waals surface area contributed by atoms with Gasteiger partial charge in [-0.15, -0.1) is 0 Å². The molecule has 0 spiro atoms. The van der Waals surface area contributed by atoms with Gasteiger partial charge in [0.25, 0.3) is 0 Å². The molecule has 110 valence electrons. The predicted octanol–water partition coefficient (Wildman–Crippen LogP) is 1.78. The Morgan fingerprint density at radius 2 is 1.90 bits per heavy atom. The van der Waals surface area contributed by atoms with Gasteiger partial charge in [0.1, 0.15) is 0 Å². The van der Waals surface area contributed by atoms with E-state index in [1.165, 1.54) is 18.6 Å². The minimum absolute atomic E-state index is 0.0476. The Morgan fingerprint density at radius 1 is 1.25 bits per heavy atom. The molecule has 1 aliphatic carbocycles. The third-order valence-corrected chi connectivity index (χ3v) is 5.09. The maximum absolute atomic E-state index is 12.0. The average molecular weight is 297 g/mol. The molecule has 1 aliphatic rings. The maximum atomic E-state index is 12.0. The van der Waals surface area contributed by atoms with Crippen molar-refractivity contribution < 1.29 is 18.3 Å². The summed E-state index contributed by atoms with van der Waals surface area (Å²) >= 11 is 0. The largest absolute Gasteiger partial charge is 0.481 e. The molecule has 0 radical (unpaired) electrons. The summed E-state index contributed by atoms with van der Waals surface area (Å²) in [7, 11) is -3.45. The van der Waals surface area contributed by atoms with Gasteiger partial charge in [0.05, 0.1) is 4.90 Å². The van der Waals surface area contributed by atoms with Crippen LogP contribution in [0.2, 0.25) is 0 Å². The highest BCUT2D eigenvalue weighted by atomic mass is 32.2. The molecule has 0 saturated heterocycles. The summed E-state index contributed by atoms with van der Waals surface area (Å²) in [5, 5.41) is 8.60. The highest BCUT2D eigenvalue weighted by Gasteiger charge is 2.21. The van der Waals surface area contributed by atoms with Gasteiger partial charge in [-0.3, -0.25) is 4.79 Å². The minimum atomic E-state index is -3.45. The Balaban J connectivity index is 1.94. The molecule has 2 N–H and O–H groups in total. The van der Waals surface area contributed by atoms with E-state index < -0.39 is 16.0 Å². The third-order valence-electron chi connectivity index (χ3n) is 3.65. The Hall–Kier alpha value is -1.40. The molecule has 2 rings (SSSR count). The lowest BCUT2D eigenvalue weighted by Crippen LogP contribution is -2.32. The number of carboxylic acid groups (broad SMARTS) is 1. The van der Waals surface area contributed by atoms with Crippen molar-refractivity contribution in [2.75, 3.05) is 6.54 Å². The van der Waals surface area contributed by atoms with Crippen LogP contribution in [0.4, 0.5) is 0 Å². The molecule has 5 nitrogen and oxygen atoms in total. The SMILES string of the molecule is O=C(O)CCc1ccc(S(=O)(=O)NCC2CCC2)cc1. The van der Waals surface area contributed by atoms with Crippen molar-refractivity contribution in [2.24, 2.45) is 5.92 Å². The fourth-order valence-electron chi connectivity index (χ4n) is 2.09. The zero-order valence-corrected chi connectivity index (χ0v) is 12.0. The number of sulfonamides is 1. The number of hydrogen-bond acceptors (Lipinski definition) is 3. The quantitative estimate of drug-likeness (QED) is 0.803. The van der Waals surface area contributed by atoms with Crippen LogP contribution in [0.15, 0.2) is 29.2 Å². The fourth-order valence-corrected chi connectivity index (χ4v) is 3.21. The van der Waals surface area contributed by atoms with E-state index in [4.69, 9.17) is 5.11 Å². The number of rotatable bonds is 7. The molecule has 1 fully saturated rings. The van der Waals surface area contributed by atoms with Gasteiger partial charge >= 0.3 is 5.97 Å². The lowest BCUT2D eigenvalue weighted by molar-refractivity contribution is -0.136. The van der Waals surface area contributed by atoms with Crippen LogP contribution in [0.5, 0.6) is 0 Å². The highest BCUT2D eigenvalue weighted by molar-refractivity contribution is 7.89. The van der Waals surface area contributed by atoms with Crippen LogP contribution in [0.1, 0.15) is 31.2 Å². The molecule has 0 heterocycles. The number of nitrogens with one attached hydrogen (secondary N) is 1. The maximum Gasteiger partial charge on any atom is 0.303 e. The molecule has 0 unspecified atom stereocenters. The molecule has 1 aromatic rings. The van der Waals surface area contributed by atoms with Gasteiger partial charge in [0, 0.05) is 13.0 Å². The zero-order chi connectivity index (χ0) is 14.6. The van der Waals surface area contributed by atoms with Crippen LogP contribution in [0, 0.1) is 5.92 Å². The van der Waals surface area contributed by atoms with Gasteiger partial charge in [0.2, 0.25) is 10.0 Å². The summed E-state index contributed by atoms with van der Waals surface area (Å²) in [5.74, 6) is -0.386. The summed E-state index contributed by atoms with van der Waals surface area (Å²) in [4.78, 5) is 10.7. The fraction of sp³-hybridized carbons (Fsp3) is 0.500. The van der Waals surface area contributed by atoms with E-state index in [0.717, 1.165) is 18.4 Å². The first-order chi connectivity index (χ1) is 9.47. The summed E-state index contributed by atoms with van der Waals surface area (Å²) in [6.45, 7) is 0.503. The van der Waals surface area contributed by atoms with Crippen LogP contribution >= 0.6 is 0 Å². The van der Waals surface area contributed by atoms with Gasteiger partial charge in [-0.25, -0.2) is 13.1 Å².